The van der Waals surface area contributed by atoms with Crippen LogP contribution >= 0.6 is 0 Å². The van der Waals surface area contributed by atoms with Crippen molar-refractivity contribution < 1.29 is 54.4 Å². The standard InChI is InChI=1S/C20H32O11/c1-3-5-6-28-18(27)12-9-29-19(10(4-2)11(12)7-14(22)23)31-20-17(26)16(25)15(24)13(8-21)30-20/h4,9-11,13-17,19-26H,2-3,5-8H2,1H3/t10-,11+,13-,15-,16+,17-,19+,20+/m1/s1. The average molecular weight is 448 g/mol. The number of aliphatic hydroxyl groups is 6. The van der Waals surface area contributed by atoms with E-state index in [2.05, 4.69) is 6.58 Å². The Morgan fingerprint density at radius 3 is 2.52 bits per heavy atom. The van der Waals surface area contributed by atoms with Gasteiger partial charge in [-0.2, -0.15) is 0 Å². The van der Waals surface area contributed by atoms with Gasteiger partial charge in [0.2, 0.25) is 6.29 Å². The third kappa shape index (κ3) is 6.24. The maximum Gasteiger partial charge on any atom is 0.337 e. The Morgan fingerprint density at radius 2 is 1.94 bits per heavy atom. The molecule has 8 atom stereocenters. The second kappa shape index (κ2) is 11.9. The third-order valence-electron chi connectivity index (χ3n) is 5.33. The molecule has 0 spiro atoms. The van der Waals surface area contributed by atoms with Crippen LogP contribution in [0.4, 0.5) is 0 Å². The van der Waals surface area contributed by atoms with E-state index < -0.39 is 67.7 Å². The van der Waals surface area contributed by atoms with Crippen molar-refractivity contribution >= 4 is 5.97 Å². The van der Waals surface area contributed by atoms with Crippen LogP contribution in [0.3, 0.4) is 0 Å². The number of hydrogen-bond donors (Lipinski definition) is 6. The molecule has 2 rings (SSSR count). The van der Waals surface area contributed by atoms with Gasteiger partial charge >= 0.3 is 5.97 Å². The van der Waals surface area contributed by atoms with E-state index in [0.29, 0.717) is 6.42 Å². The number of carbonyl (C=O) groups excluding carboxylic acids is 1. The molecule has 1 saturated heterocycles. The summed E-state index contributed by atoms with van der Waals surface area (Å²) in [4.78, 5) is 12.5. The van der Waals surface area contributed by atoms with Crippen molar-refractivity contribution in [2.75, 3.05) is 13.2 Å². The highest BCUT2D eigenvalue weighted by atomic mass is 16.8. The van der Waals surface area contributed by atoms with E-state index in [4.69, 9.17) is 18.9 Å². The van der Waals surface area contributed by atoms with Crippen molar-refractivity contribution in [1.82, 2.24) is 0 Å². The molecule has 0 aromatic rings. The summed E-state index contributed by atoms with van der Waals surface area (Å²) in [7, 11) is 0. The molecule has 0 aromatic heterocycles. The van der Waals surface area contributed by atoms with Gasteiger partial charge in [-0.25, -0.2) is 4.79 Å². The molecular weight excluding hydrogens is 416 g/mol. The molecule has 11 nitrogen and oxygen atoms in total. The molecule has 0 bridgehead atoms. The molecule has 0 saturated carbocycles. The lowest BCUT2D eigenvalue weighted by Gasteiger charge is -2.43. The average Bonchev–Trinajstić information content (AvgIpc) is 2.74. The highest BCUT2D eigenvalue weighted by Crippen LogP contribution is 2.37. The minimum absolute atomic E-state index is 0.0720. The van der Waals surface area contributed by atoms with Crippen LogP contribution in [-0.4, -0.2) is 93.1 Å². The number of rotatable bonds is 10. The molecule has 6 N–H and O–H groups in total. The number of ether oxygens (including phenoxy) is 4. The number of unbranched alkanes of at least 4 members (excludes halogenated alkanes) is 1. The maximum atomic E-state index is 12.5. The molecule has 0 aromatic carbocycles. The van der Waals surface area contributed by atoms with Gasteiger partial charge in [0, 0.05) is 18.3 Å². The van der Waals surface area contributed by atoms with Gasteiger partial charge in [0.1, 0.15) is 24.4 Å². The largest absolute Gasteiger partial charge is 0.471 e. The zero-order valence-electron chi connectivity index (χ0n) is 17.3. The third-order valence-corrected chi connectivity index (χ3v) is 5.33. The minimum Gasteiger partial charge on any atom is -0.471 e. The summed E-state index contributed by atoms with van der Waals surface area (Å²) in [5, 5.41) is 58.4. The Balaban J connectivity index is 2.20. The number of esters is 1. The summed E-state index contributed by atoms with van der Waals surface area (Å²) in [5.74, 6) is -2.25. The van der Waals surface area contributed by atoms with Crippen LogP contribution in [-0.2, 0) is 23.7 Å². The molecule has 2 heterocycles. The van der Waals surface area contributed by atoms with Crippen molar-refractivity contribution in [2.45, 2.75) is 69.5 Å². The lowest BCUT2D eigenvalue weighted by Crippen LogP contribution is -2.60. The van der Waals surface area contributed by atoms with Crippen molar-refractivity contribution in [3.63, 3.8) is 0 Å². The van der Waals surface area contributed by atoms with Gasteiger partial charge in [0.05, 0.1) is 25.0 Å². The Kier molecular flexibility index (Phi) is 9.85. The number of hydrogen-bond acceptors (Lipinski definition) is 11. The second-order valence-electron chi connectivity index (χ2n) is 7.54. The predicted molar refractivity (Wildman–Crippen MR) is 104 cm³/mol. The fraction of sp³-hybridized carbons (Fsp3) is 0.750. The van der Waals surface area contributed by atoms with Gasteiger partial charge in [-0.15, -0.1) is 6.58 Å². The molecule has 2 aliphatic heterocycles. The van der Waals surface area contributed by atoms with Gasteiger partial charge in [0.25, 0.3) is 0 Å². The lowest BCUT2D eigenvalue weighted by atomic mass is 9.81. The van der Waals surface area contributed by atoms with E-state index in [9.17, 15) is 35.4 Å². The molecular formula is C20H32O11. The van der Waals surface area contributed by atoms with Gasteiger partial charge in [-0.3, -0.25) is 0 Å². The fourth-order valence-corrected chi connectivity index (χ4v) is 3.53. The lowest BCUT2D eigenvalue weighted by molar-refractivity contribution is -0.339. The first kappa shape index (κ1) is 25.7. The molecule has 0 unspecified atom stereocenters. The van der Waals surface area contributed by atoms with Crippen molar-refractivity contribution in [1.29, 1.82) is 0 Å². The van der Waals surface area contributed by atoms with Crippen molar-refractivity contribution in [2.24, 2.45) is 11.8 Å². The second-order valence-corrected chi connectivity index (χ2v) is 7.54. The normalized spacial score (nSPS) is 35.9. The van der Waals surface area contributed by atoms with Crippen LogP contribution < -0.4 is 0 Å². The number of carbonyl (C=O) groups is 1. The van der Waals surface area contributed by atoms with Crippen LogP contribution in [0.2, 0.25) is 0 Å². The molecule has 0 aliphatic carbocycles. The van der Waals surface area contributed by atoms with Crippen LogP contribution in [0.5, 0.6) is 0 Å². The van der Waals surface area contributed by atoms with Crippen LogP contribution in [0.1, 0.15) is 26.2 Å². The zero-order chi connectivity index (χ0) is 23.1. The van der Waals surface area contributed by atoms with Gasteiger partial charge in [-0.1, -0.05) is 19.4 Å². The molecule has 2 aliphatic rings. The summed E-state index contributed by atoms with van der Waals surface area (Å²) in [6, 6.07) is 0. The maximum absolute atomic E-state index is 12.5. The summed E-state index contributed by atoms with van der Waals surface area (Å²) in [6.07, 6.45) is -6.70. The SMILES string of the molecule is C=C[C@H]1[C@H](O[C@@H]2O[C@H](CO)[C@@H](O)[C@H](O)[C@H]2O)OC=C(C(=O)OCCCC)[C@H]1CC(O)O. The first-order valence-corrected chi connectivity index (χ1v) is 10.2. The molecule has 178 valence electrons. The quantitative estimate of drug-likeness (QED) is 0.0993. The van der Waals surface area contributed by atoms with E-state index in [1.54, 1.807) is 0 Å². The summed E-state index contributed by atoms with van der Waals surface area (Å²) in [5.41, 5.74) is 0.0720. The van der Waals surface area contributed by atoms with E-state index in [1.807, 2.05) is 6.92 Å². The molecule has 11 heteroatoms. The summed E-state index contributed by atoms with van der Waals surface area (Å²) in [6.45, 7) is 5.21. The van der Waals surface area contributed by atoms with E-state index >= 15 is 0 Å². The predicted octanol–water partition coefficient (Wildman–Crippen LogP) is -1.49. The smallest absolute Gasteiger partial charge is 0.337 e. The van der Waals surface area contributed by atoms with Gasteiger partial charge < -0.3 is 49.6 Å². The Bertz CT molecular complexity index is 620. The Morgan fingerprint density at radius 1 is 1.23 bits per heavy atom. The van der Waals surface area contributed by atoms with E-state index in [-0.39, 0.29) is 18.6 Å². The zero-order valence-corrected chi connectivity index (χ0v) is 17.3. The fourth-order valence-electron chi connectivity index (χ4n) is 3.53. The molecule has 0 radical (unpaired) electrons. The van der Waals surface area contributed by atoms with Crippen LogP contribution in [0.25, 0.3) is 0 Å². The summed E-state index contributed by atoms with van der Waals surface area (Å²) >= 11 is 0. The van der Waals surface area contributed by atoms with Gasteiger partial charge in [-0.05, 0) is 6.42 Å². The van der Waals surface area contributed by atoms with Gasteiger partial charge in [0.15, 0.2) is 12.6 Å². The van der Waals surface area contributed by atoms with E-state index in [1.165, 1.54) is 6.08 Å². The summed E-state index contributed by atoms with van der Waals surface area (Å²) < 4.78 is 21.7. The molecule has 1 fully saturated rings. The topological polar surface area (TPSA) is 175 Å². The Labute approximate surface area is 180 Å². The number of aliphatic hydroxyl groups excluding tert-OH is 5. The Hall–Kier alpha value is -1.57. The highest BCUT2D eigenvalue weighted by molar-refractivity contribution is 5.89. The van der Waals surface area contributed by atoms with E-state index in [0.717, 1.165) is 12.7 Å². The first-order valence-electron chi connectivity index (χ1n) is 10.2. The minimum atomic E-state index is -1.75. The molecule has 0 amide bonds. The van der Waals surface area contributed by atoms with Crippen LogP contribution in [0.15, 0.2) is 24.5 Å². The van der Waals surface area contributed by atoms with Crippen molar-refractivity contribution in [3.8, 4) is 0 Å². The molecule has 31 heavy (non-hydrogen) atoms. The van der Waals surface area contributed by atoms with Crippen molar-refractivity contribution in [3.05, 3.63) is 24.5 Å². The monoisotopic (exact) mass is 448 g/mol. The highest BCUT2D eigenvalue weighted by Gasteiger charge is 2.47. The van der Waals surface area contributed by atoms with Crippen LogP contribution in [0, 0.1) is 11.8 Å². The first-order chi connectivity index (χ1) is 14.7.